The fourth-order valence-electron chi connectivity index (χ4n) is 2.01. The molecule has 5 heteroatoms. The van der Waals surface area contributed by atoms with E-state index in [0.717, 1.165) is 17.7 Å². The maximum atomic E-state index is 13.7. The van der Waals surface area contributed by atoms with Crippen LogP contribution in [0.1, 0.15) is 25.0 Å². The van der Waals surface area contributed by atoms with Crippen molar-refractivity contribution in [1.29, 1.82) is 0 Å². The van der Waals surface area contributed by atoms with Gasteiger partial charge in [-0.05, 0) is 36.2 Å². The van der Waals surface area contributed by atoms with Gasteiger partial charge in [-0.2, -0.15) is 0 Å². The molecule has 0 aliphatic carbocycles. The zero-order valence-electron chi connectivity index (χ0n) is 11.5. The molecule has 2 aromatic rings. The molecule has 0 aromatic heterocycles. The zero-order valence-corrected chi connectivity index (χ0v) is 12.3. The van der Waals surface area contributed by atoms with Crippen LogP contribution in [0.4, 0.5) is 8.78 Å². The summed E-state index contributed by atoms with van der Waals surface area (Å²) in [6, 6.07) is 9.89. The van der Waals surface area contributed by atoms with Crippen molar-refractivity contribution < 1.29 is 13.5 Å². The van der Waals surface area contributed by atoms with Gasteiger partial charge in [0.05, 0.1) is 0 Å². The molecule has 0 heterocycles. The largest absolute Gasteiger partial charge is 0.481 e. The fourth-order valence-corrected chi connectivity index (χ4v) is 2.21. The molecule has 0 aliphatic rings. The van der Waals surface area contributed by atoms with Crippen LogP contribution in [-0.2, 0) is 0 Å². The predicted molar refractivity (Wildman–Crippen MR) is 79.4 cm³/mol. The van der Waals surface area contributed by atoms with E-state index in [1.54, 1.807) is 18.2 Å². The van der Waals surface area contributed by atoms with Crippen molar-refractivity contribution in [2.24, 2.45) is 5.73 Å². The Morgan fingerprint density at radius 2 is 1.95 bits per heavy atom. The van der Waals surface area contributed by atoms with Gasteiger partial charge in [-0.1, -0.05) is 30.7 Å². The summed E-state index contributed by atoms with van der Waals surface area (Å²) in [5.41, 5.74) is 6.81. The minimum atomic E-state index is -0.759. The first-order chi connectivity index (χ1) is 10.0. The Morgan fingerprint density at radius 3 is 2.57 bits per heavy atom. The van der Waals surface area contributed by atoms with Gasteiger partial charge in [-0.25, -0.2) is 8.78 Å². The third kappa shape index (κ3) is 3.93. The van der Waals surface area contributed by atoms with Crippen molar-refractivity contribution in [3.05, 3.63) is 64.7 Å². The van der Waals surface area contributed by atoms with E-state index in [2.05, 4.69) is 0 Å². The summed E-state index contributed by atoms with van der Waals surface area (Å²) in [5.74, 6) is -1.45. The summed E-state index contributed by atoms with van der Waals surface area (Å²) in [7, 11) is 0. The monoisotopic (exact) mass is 311 g/mol. The highest BCUT2D eigenvalue weighted by molar-refractivity contribution is 6.30. The van der Waals surface area contributed by atoms with Gasteiger partial charge in [0.1, 0.15) is 11.9 Å². The minimum absolute atomic E-state index is 0.0368. The molecule has 0 fully saturated rings. The summed E-state index contributed by atoms with van der Waals surface area (Å²) in [5, 5.41) is 0.545. The molecule has 0 spiro atoms. The summed E-state index contributed by atoms with van der Waals surface area (Å²) in [6.45, 7) is 1.91. The second-order valence-electron chi connectivity index (χ2n) is 4.74. The van der Waals surface area contributed by atoms with Crippen molar-refractivity contribution in [3.63, 3.8) is 0 Å². The molecule has 2 atom stereocenters. The van der Waals surface area contributed by atoms with E-state index in [-0.39, 0.29) is 11.8 Å². The van der Waals surface area contributed by atoms with Crippen LogP contribution in [0.2, 0.25) is 5.02 Å². The number of hydrogen-bond donors (Lipinski definition) is 1. The molecule has 0 bridgehead atoms. The van der Waals surface area contributed by atoms with E-state index in [1.807, 2.05) is 13.0 Å². The molecule has 0 aliphatic heterocycles. The number of nitrogens with two attached hydrogens (primary N) is 1. The van der Waals surface area contributed by atoms with Gasteiger partial charge in [0, 0.05) is 17.1 Å². The highest BCUT2D eigenvalue weighted by Gasteiger charge is 2.22. The molecule has 2 nitrogen and oxygen atoms in total. The SMILES string of the molecule is CCC(N)C(Oc1ccc(F)cc1F)c1cccc(Cl)c1. The van der Waals surface area contributed by atoms with Gasteiger partial charge in [0.2, 0.25) is 0 Å². The van der Waals surface area contributed by atoms with Gasteiger partial charge in [0.25, 0.3) is 0 Å². The molecular formula is C16H16ClF2NO. The number of rotatable bonds is 5. The van der Waals surface area contributed by atoms with Gasteiger partial charge >= 0.3 is 0 Å². The first kappa shape index (κ1) is 15.7. The predicted octanol–water partition coefficient (Wildman–Crippen LogP) is 4.48. The van der Waals surface area contributed by atoms with Crippen LogP contribution in [0.15, 0.2) is 42.5 Å². The molecule has 2 unspecified atom stereocenters. The van der Waals surface area contributed by atoms with E-state index in [4.69, 9.17) is 22.1 Å². The number of benzene rings is 2. The maximum Gasteiger partial charge on any atom is 0.168 e. The van der Waals surface area contributed by atoms with Gasteiger partial charge in [0.15, 0.2) is 11.6 Å². The van der Waals surface area contributed by atoms with Crippen molar-refractivity contribution in [2.45, 2.75) is 25.5 Å². The number of ether oxygens (including phenoxy) is 1. The van der Waals surface area contributed by atoms with Crippen LogP contribution >= 0.6 is 11.6 Å². The zero-order chi connectivity index (χ0) is 15.4. The second kappa shape index (κ2) is 6.87. The van der Waals surface area contributed by atoms with Crippen LogP contribution < -0.4 is 10.5 Å². The standard InChI is InChI=1S/C16H16ClF2NO/c1-2-14(20)16(10-4-3-5-11(17)8-10)21-15-7-6-12(18)9-13(15)19/h3-9,14,16H,2,20H2,1H3. The molecule has 2 N–H and O–H groups in total. The Labute approximate surface area is 127 Å². The Kier molecular flexibility index (Phi) is 5.15. The highest BCUT2D eigenvalue weighted by atomic mass is 35.5. The average Bonchev–Trinajstić information content (AvgIpc) is 2.45. The smallest absolute Gasteiger partial charge is 0.168 e. The first-order valence-corrected chi connectivity index (χ1v) is 7.01. The van der Waals surface area contributed by atoms with Crippen LogP contribution in [0, 0.1) is 11.6 Å². The summed E-state index contributed by atoms with van der Waals surface area (Å²) >= 11 is 5.97. The van der Waals surface area contributed by atoms with Gasteiger partial charge in [-0.3, -0.25) is 0 Å². The summed E-state index contributed by atoms with van der Waals surface area (Å²) in [6.07, 6.45) is 0.0775. The maximum absolute atomic E-state index is 13.7. The highest BCUT2D eigenvalue weighted by Crippen LogP contribution is 2.29. The van der Waals surface area contributed by atoms with Gasteiger partial charge in [-0.15, -0.1) is 0 Å². The van der Waals surface area contributed by atoms with E-state index in [9.17, 15) is 8.78 Å². The minimum Gasteiger partial charge on any atom is -0.481 e. The lowest BCUT2D eigenvalue weighted by atomic mass is 10.0. The van der Waals surface area contributed by atoms with Gasteiger partial charge < -0.3 is 10.5 Å². The fraction of sp³-hybridized carbons (Fsp3) is 0.250. The van der Waals surface area contributed by atoms with Crippen molar-refractivity contribution in [2.75, 3.05) is 0 Å². The normalized spacial score (nSPS) is 13.8. The Morgan fingerprint density at radius 1 is 1.19 bits per heavy atom. The van der Waals surface area contributed by atoms with E-state index in [1.165, 1.54) is 6.07 Å². The van der Waals surface area contributed by atoms with Crippen molar-refractivity contribution >= 4 is 11.6 Å². The molecule has 2 aromatic carbocycles. The number of hydrogen-bond acceptors (Lipinski definition) is 2. The molecule has 0 saturated carbocycles. The third-order valence-electron chi connectivity index (χ3n) is 3.19. The van der Waals surface area contributed by atoms with Crippen LogP contribution in [0.25, 0.3) is 0 Å². The third-order valence-corrected chi connectivity index (χ3v) is 3.42. The lowest BCUT2D eigenvalue weighted by Crippen LogP contribution is -2.31. The molecule has 0 saturated heterocycles. The molecule has 112 valence electrons. The summed E-state index contributed by atoms with van der Waals surface area (Å²) < 4.78 is 32.4. The topological polar surface area (TPSA) is 35.2 Å². The van der Waals surface area contributed by atoms with E-state index >= 15 is 0 Å². The summed E-state index contributed by atoms with van der Waals surface area (Å²) in [4.78, 5) is 0. The Balaban J connectivity index is 2.33. The van der Waals surface area contributed by atoms with E-state index < -0.39 is 17.7 Å². The van der Waals surface area contributed by atoms with Crippen molar-refractivity contribution in [3.8, 4) is 5.75 Å². The quantitative estimate of drug-likeness (QED) is 0.884. The molecular weight excluding hydrogens is 296 g/mol. The Bertz CT molecular complexity index is 621. The van der Waals surface area contributed by atoms with Crippen molar-refractivity contribution in [1.82, 2.24) is 0 Å². The lowest BCUT2D eigenvalue weighted by molar-refractivity contribution is 0.163. The van der Waals surface area contributed by atoms with Crippen LogP contribution in [0.3, 0.4) is 0 Å². The Hall–Kier alpha value is -1.65. The molecule has 0 amide bonds. The number of halogens is 3. The second-order valence-corrected chi connectivity index (χ2v) is 5.18. The first-order valence-electron chi connectivity index (χ1n) is 6.64. The van der Waals surface area contributed by atoms with Crippen LogP contribution in [-0.4, -0.2) is 6.04 Å². The average molecular weight is 312 g/mol. The molecule has 0 radical (unpaired) electrons. The van der Waals surface area contributed by atoms with E-state index in [0.29, 0.717) is 11.4 Å². The molecule has 2 rings (SSSR count). The van der Waals surface area contributed by atoms with Crippen LogP contribution in [0.5, 0.6) is 5.75 Å². The lowest BCUT2D eigenvalue weighted by Gasteiger charge is -2.25. The molecule has 21 heavy (non-hydrogen) atoms.